The average molecular weight is 423 g/mol. The Hall–Kier alpha value is -3.11. The van der Waals surface area contributed by atoms with Crippen LogP contribution in [-0.2, 0) is 10.2 Å². The van der Waals surface area contributed by atoms with Gasteiger partial charge < -0.3 is 20.5 Å². The molecule has 0 aliphatic heterocycles. The zero-order chi connectivity index (χ0) is 22.3. The van der Waals surface area contributed by atoms with Gasteiger partial charge in [0.2, 0.25) is 0 Å². The summed E-state index contributed by atoms with van der Waals surface area (Å²) >= 11 is 0. The first-order valence-corrected chi connectivity index (χ1v) is 10.6. The highest BCUT2D eigenvalue weighted by Crippen LogP contribution is 2.40. The summed E-state index contributed by atoms with van der Waals surface area (Å²) in [6, 6.07) is 8.22. The minimum absolute atomic E-state index is 0.165. The lowest BCUT2D eigenvalue weighted by molar-refractivity contribution is 0.0916. The number of methoxy groups -OCH3 is 1. The Morgan fingerprint density at radius 2 is 2.00 bits per heavy atom. The molecule has 164 valence electrons. The summed E-state index contributed by atoms with van der Waals surface area (Å²) in [5.74, 6) is 3.95. The normalized spacial score (nSPS) is 16.0. The van der Waals surface area contributed by atoms with E-state index in [1.54, 1.807) is 19.4 Å². The smallest absolute Gasteiger partial charge is 0.257 e. The Bertz CT molecular complexity index is 957. The van der Waals surface area contributed by atoms with Crippen LogP contribution in [0.15, 0.2) is 30.6 Å². The Labute approximate surface area is 183 Å². The lowest BCUT2D eigenvalue weighted by Gasteiger charge is -2.33. The zero-order valence-corrected chi connectivity index (χ0v) is 18.4. The third-order valence-corrected chi connectivity index (χ3v) is 5.50. The minimum atomic E-state index is -0.379. The van der Waals surface area contributed by atoms with Gasteiger partial charge in [-0.15, -0.1) is 0 Å². The number of hydrogen-bond acceptors (Lipinski definition) is 6. The first kappa shape index (κ1) is 22.6. The molecule has 1 heterocycles. The molecule has 1 aromatic heterocycles. The van der Waals surface area contributed by atoms with Crippen molar-refractivity contribution in [1.82, 2.24) is 9.97 Å². The number of benzene rings is 1. The quantitative estimate of drug-likeness (QED) is 0.523. The van der Waals surface area contributed by atoms with E-state index in [2.05, 4.69) is 27.2 Å². The van der Waals surface area contributed by atoms with Crippen LogP contribution in [0.5, 0.6) is 5.75 Å². The number of aromatic nitrogens is 2. The second-order valence-electron chi connectivity index (χ2n) is 8.04. The van der Waals surface area contributed by atoms with Crippen molar-refractivity contribution in [2.45, 2.75) is 57.5 Å². The van der Waals surface area contributed by atoms with Gasteiger partial charge in [-0.25, -0.2) is 4.98 Å². The fraction of sp³-hybridized carbons (Fsp3) is 0.458. The fourth-order valence-corrected chi connectivity index (χ4v) is 4.00. The number of anilines is 1. The summed E-state index contributed by atoms with van der Waals surface area (Å²) in [6.45, 7) is 4.21. The number of aryl methyl sites for hydroxylation is 1. The molecule has 3 N–H and O–H groups in total. The number of nitrogens with two attached hydrogens (primary N) is 1. The van der Waals surface area contributed by atoms with E-state index in [1.807, 2.05) is 26.0 Å². The highest BCUT2D eigenvalue weighted by Gasteiger charge is 2.33. The van der Waals surface area contributed by atoms with Crippen molar-refractivity contribution in [1.29, 1.82) is 0 Å². The Balaban J connectivity index is 1.98. The number of hydrogen-bond donors (Lipinski definition) is 2. The highest BCUT2D eigenvalue weighted by molar-refractivity contribution is 6.04. The van der Waals surface area contributed by atoms with E-state index in [0.29, 0.717) is 23.7 Å². The van der Waals surface area contributed by atoms with Crippen molar-refractivity contribution in [3.05, 3.63) is 47.4 Å². The number of rotatable bonds is 7. The van der Waals surface area contributed by atoms with Gasteiger partial charge in [0.15, 0.2) is 5.82 Å². The molecule has 1 aliphatic carbocycles. The molecule has 0 bridgehead atoms. The molecular weight excluding hydrogens is 392 g/mol. The van der Waals surface area contributed by atoms with Gasteiger partial charge in [0.1, 0.15) is 11.9 Å². The van der Waals surface area contributed by atoms with E-state index in [1.165, 1.54) is 12.6 Å². The summed E-state index contributed by atoms with van der Waals surface area (Å²) in [5.41, 5.74) is 7.48. The summed E-state index contributed by atoms with van der Waals surface area (Å²) in [5, 5.41) is 2.81. The highest BCUT2D eigenvalue weighted by atomic mass is 16.5. The summed E-state index contributed by atoms with van der Waals surface area (Å²) in [7, 11) is 1.63. The van der Waals surface area contributed by atoms with E-state index in [4.69, 9.17) is 15.2 Å². The van der Waals surface area contributed by atoms with Crippen LogP contribution in [0, 0.1) is 18.9 Å². The molecule has 2 aromatic rings. The van der Waals surface area contributed by atoms with Gasteiger partial charge in [-0.2, -0.15) is 0 Å². The third kappa shape index (κ3) is 5.74. The third-order valence-electron chi connectivity index (χ3n) is 5.50. The maximum absolute atomic E-state index is 13.0. The van der Waals surface area contributed by atoms with Crippen molar-refractivity contribution in [2.75, 3.05) is 19.0 Å². The number of amides is 1. The molecule has 1 atom stereocenters. The number of ether oxygens (including phenoxy) is 2. The van der Waals surface area contributed by atoms with Crippen LogP contribution in [-0.4, -0.2) is 35.7 Å². The molecule has 0 radical (unpaired) electrons. The van der Waals surface area contributed by atoms with E-state index in [-0.39, 0.29) is 17.4 Å². The van der Waals surface area contributed by atoms with Crippen molar-refractivity contribution in [3.63, 3.8) is 0 Å². The maximum Gasteiger partial charge on any atom is 0.257 e. The topological polar surface area (TPSA) is 99.4 Å². The van der Waals surface area contributed by atoms with Crippen molar-refractivity contribution in [2.24, 2.45) is 5.73 Å². The summed E-state index contributed by atoms with van der Waals surface area (Å²) in [6.07, 6.45) is 8.10. The van der Waals surface area contributed by atoms with Crippen LogP contribution in [0.4, 0.5) is 5.82 Å². The molecule has 1 aliphatic rings. The lowest BCUT2D eigenvalue weighted by Crippen LogP contribution is -2.28. The van der Waals surface area contributed by atoms with Crippen LogP contribution in [0.1, 0.15) is 60.6 Å². The first-order chi connectivity index (χ1) is 15.0. The van der Waals surface area contributed by atoms with Gasteiger partial charge in [0.25, 0.3) is 5.91 Å². The molecule has 31 heavy (non-hydrogen) atoms. The maximum atomic E-state index is 13.0. The van der Waals surface area contributed by atoms with Crippen molar-refractivity contribution < 1.29 is 14.3 Å². The molecule has 0 saturated heterocycles. The van der Waals surface area contributed by atoms with E-state index in [0.717, 1.165) is 36.9 Å². The van der Waals surface area contributed by atoms with Gasteiger partial charge >= 0.3 is 0 Å². The predicted octanol–water partition coefficient (Wildman–Crippen LogP) is 3.57. The zero-order valence-electron chi connectivity index (χ0n) is 18.4. The largest absolute Gasteiger partial charge is 0.488 e. The van der Waals surface area contributed by atoms with E-state index < -0.39 is 0 Å². The van der Waals surface area contributed by atoms with Gasteiger partial charge in [-0.1, -0.05) is 25.2 Å². The van der Waals surface area contributed by atoms with Crippen LogP contribution in [0.25, 0.3) is 0 Å². The second-order valence-corrected chi connectivity index (χ2v) is 8.04. The summed E-state index contributed by atoms with van der Waals surface area (Å²) < 4.78 is 11.2. The monoisotopic (exact) mass is 422 g/mol. The van der Waals surface area contributed by atoms with E-state index in [9.17, 15) is 4.79 Å². The van der Waals surface area contributed by atoms with Gasteiger partial charge in [0.05, 0.1) is 30.1 Å². The van der Waals surface area contributed by atoms with E-state index >= 15 is 0 Å². The van der Waals surface area contributed by atoms with Crippen LogP contribution in [0.3, 0.4) is 0 Å². The molecule has 1 saturated carbocycles. The molecular formula is C24H30N4O3. The molecule has 7 nitrogen and oxygen atoms in total. The SMILES string of the molecule is COC[C@H](C)Oc1cc(C(=O)Nc2cnc(C)cn2)cc(C2(C#CN)CCCCC2)c1. The number of carbonyl (C=O) groups excluding carboxylic acids is 1. The van der Waals surface area contributed by atoms with Crippen molar-refractivity contribution in [3.8, 4) is 17.7 Å². The summed E-state index contributed by atoms with van der Waals surface area (Å²) in [4.78, 5) is 21.4. The van der Waals surface area contributed by atoms with Crippen LogP contribution >= 0.6 is 0 Å². The molecule has 3 rings (SSSR count). The molecule has 0 unspecified atom stereocenters. The number of nitrogens with one attached hydrogen (secondary N) is 1. The first-order valence-electron chi connectivity index (χ1n) is 10.6. The Morgan fingerprint density at radius 3 is 2.65 bits per heavy atom. The van der Waals surface area contributed by atoms with Gasteiger partial charge in [-0.3, -0.25) is 9.78 Å². The predicted molar refractivity (Wildman–Crippen MR) is 120 cm³/mol. The van der Waals surface area contributed by atoms with Crippen molar-refractivity contribution >= 4 is 11.7 Å². The standard InChI is InChI=1S/C24H30N4O3/c1-17-14-27-22(15-26-17)28-23(29)19-11-20(13-21(12-19)31-18(2)16-30-3)24(9-10-25)7-5-4-6-8-24/h11-15,18H,4-8,16,25H2,1-3H3,(H,27,28,29)/t18-/m0/s1. The second kappa shape index (κ2) is 10.3. The van der Waals surface area contributed by atoms with Gasteiger partial charge in [-0.05, 0) is 50.5 Å². The molecule has 1 aromatic carbocycles. The fourth-order valence-electron chi connectivity index (χ4n) is 4.00. The molecule has 1 amide bonds. The van der Waals surface area contributed by atoms with Crippen LogP contribution in [0.2, 0.25) is 0 Å². The minimum Gasteiger partial charge on any atom is -0.488 e. The average Bonchev–Trinajstić information content (AvgIpc) is 2.76. The lowest BCUT2D eigenvalue weighted by atomic mass is 9.69. The number of nitrogens with zero attached hydrogens (tertiary/aromatic N) is 2. The number of carbonyl (C=O) groups is 1. The van der Waals surface area contributed by atoms with Crippen LogP contribution < -0.4 is 15.8 Å². The van der Waals surface area contributed by atoms with Gasteiger partial charge in [0, 0.05) is 18.7 Å². The Morgan fingerprint density at radius 1 is 1.23 bits per heavy atom. The molecule has 0 spiro atoms. The molecule has 7 heteroatoms. The Kier molecular flexibility index (Phi) is 7.48. The molecule has 1 fully saturated rings.